The van der Waals surface area contributed by atoms with Crippen LogP contribution in [0, 0.1) is 6.92 Å². The largest absolute Gasteiger partial charge is 0.347 e. The minimum atomic E-state index is -0.277. The van der Waals surface area contributed by atoms with Crippen LogP contribution in [0.2, 0.25) is 0 Å². The first-order valence-corrected chi connectivity index (χ1v) is 9.87. The van der Waals surface area contributed by atoms with Crippen molar-refractivity contribution in [3.8, 4) is 10.7 Å². The minimum absolute atomic E-state index is 0.0917. The molecule has 0 saturated carbocycles. The zero-order chi connectivity index (χ0) is 19.2. The molecule has 0 aliphatic carbocycles. The quantitative estimate of drug-likeness (QED) is 0.608. The molecular formula is C19H17BrN4O2S. The zero-order valence-electron chi connectivity index (χ0n) is 14.5. The number of rotatable bonds is 6. The molecule has 6 nitrogen and oxygen atoms in total. The zero-order valence-corrected chi connectivity index (χ0v) is 16.9. The summed E-state index contributed by atoms with van der Waals surface area (Å²) in [7, 11) is 0. The number of anilines is 1. The molecule has 2 heterocycles. The second-order valence-corrected chi connectivity index (χ2v) is 7.59. The third-order valence-corrected chi connectivity index (χ3v) is 5.09. The lowest BCUT2D eigenvalue weighted by molar-refractivity contribution is -0.123. The fourth-order valence-electron chi connectivity index (χ4n) is 2.36. The molecule has 0 bridgehead atoms. The van der Waals surface area contributed by atoms with Gasteiger partial charge >= 0.3 is 0 Å². The highest BCUT2D eigenvalue weighted by molar-refractivity contribution is 9.10. The average molecular weight is 445 g/mol. The topological polar surface area (TPSA) is 84.0 Å². The monoisotopic (exact) mass is 444 g/mol. The Hall–Kier alpha value is -2.58. The summed E-state index contributed by atoms with van der Waals surface area (Å²) < 4.78 is 0.944. The summed E-state index contributed by atoms with van der Waals surface area (Å²) >= 11 is 4.82. The van der Waals surface area contributed by atoms with Crippen LogP contribution >= 0.6 is 27.3 Å². The summed E-state index contributed by atoms with van der Waals surface area (Å²) in [4.78, 5) is 32.8. The smallest absolute Gasteiger partial charge is 0.243 e. The number of pyridine rings is 1. The van der Waals surface area contributed by atoms with Crippen LogP contribution in [0.5, 0.6) is 0 Å². The number of hydrogen-bond donors (Lipinski definition) is 2. The number of nitrogens with one attached hydrogen (secondary N) is 2. The van der Waals surface area contributed by atoms with E-state index in [4.69, 9.17) is 0 Å². The Morgan fingerprint density at radius 3 is 2.78 bits per heavy atom. The van der Waals surface area contributed by atoms with E-state index in [0.29, 0.717) is 5.69 Å². The molecule has 3 rings (SSSR count). The molecule has 2 aromatic heterocycles. The van der Waals surface area contributed by atoms with Crippen molar-refractivity contribution in [3.63, 3.8) is 0 Å². The van der Waals surface area contributed by atoms with Crippen LogP contribution in [0.25, 0.3) is 10.7 Å². The third-order valence-electron chi connectivity index (χ3n) is 3.69. The van der Waals surface area contributed by atoms with Gasteiger partial charge in [0.15, 0.2) is 0 Å². The van der Waals surface area contributed by atoms with E-state index in [1.165, 1.54) is 11.3 Å². The molecule has 8 heteroatoms. The Kier molecular flexibility index (Phi) is 6.31. The molecule has 0 fully saturated rings. The van der Waals surface area contributed by atoms with Gasteiger partial charge in [0.05, 0.1) is 24.4 Å². The Morgan fingerprint density at radius 2 is 2.04 bits per heavy atom. The first kappa shape index (κ1) is 19.2. The molecule has 0 aliphatic rings. The second-order valence-electron chi connectivity index (χ2n) is 5.82. The van der Waals surface area contributed by atoms with Crippen LogP contribution in [0.15, 0.2) is 52.4 Å². The lowest BCUT2D eigenvalue weighted by Gasteiger charge is -2.09. The fourth-order valence-corrected chi connectivity index (χ4v) is 3.63. The van der Waals surface area contributed by atoms with Gasteiger partial charge in [0.1, 0.15) is 5.01 Å². The number of carbonyl (C=O) groups excluding carboxylic acids is 2. The van der Waals surface area contributed by atoms with Crippen LogP contribution in [0.4, 0.5) is 5.69 Å². The van der Waals surface area contributed by atoms with Crippen molar-refractivity contribution >= 4 is 44.8 Å². The van der Waals surface area contributed by atoms with Crippen LogP contribution in [0.1, 0.15) is 11.3 Å². The summed E-state index contributed by atoms with van der Waals surface area (Å²) in [6.07, 6.45) is 1.82. The second kappa shape index (κ2) is 8.88. The number of benzene rings is 1. The van der Waals surface area contributed by atoms with Gasteiger partial charge in [-0.05, 0) is 42.8 Å². The summed E-state index contributed by atoms with van der Waals surface area (Å²) in [5, 5.41) is 8.00. The van der Waals surface area contributed by atoms with E-state index >= 15 is 0 Å². The van der Waals surface area contributed by atoms with Crippen molar-refractivity contribution in [1.82, 2.24) is 15.3 Å². The molecule has 0 atom stereocenters. The van der Waals surface area contributed by atoms with E-state index in [1.807, 2.05) is 48.7 Å². The van der Waals surface area contributed by atoms with E-state index in [9.17, 15) is 9.59 Å². The van der Waals surface area contributed by atoms with Crippen LogP contribution in [-0.2, 0) is 16.0 Å². The third kappa shape index (κ3) is 5.45. The van der Waals surface area contributed by atoms with Crippen LogP contribution < -0.4 is 10.6 Å². The predicted molar refractivity (Wildman–Crippen MR) is 110 cm³/mol. The number of amides is 2. The fraction of sp³-hybridized carbons (Fsp3) is 0.158. The maximum Gasteiger partial charge on any atom is 0.243 e. The average Bonchev–Trinajstić information content (AvgIpc) is 3.11. The molecule has 0 unspecified atom stereocenters. The minimum Gasteiger partial charge on any atom is -0.347 e. The highest BCUT2D eigenvalue weighted by atomic mass is 79.9. The van der Waals surface area contributed by atoms with Crippen LogP contribution in [0.3, 0.4) is 0 Å². The number of halogens is 1. The molecule has 0 aliphatic heterocycles. The molecule has 2 N–H and O–H groups in total. The van der Waals surface area contributed by atoms with Crippen molar-refractivity contribution in [3.05, 3.63) is 63.7 Å². The molecular weight excluding hydrogens is 428 g/mol. The van der Waals surface area contributed by atoms with E-state index < -0.39 is 0 Å². The first-order valence-electron chi connectivity index (χ1n) is 8.20. The van der Waals surface area contributed by atoms with E-state index in [2.05, 4.69) is 36.5 Å². The molecule has 0 radical (unpaired) electrons. The number of nitrogens with zero attached hydrogens (tertiary/aromatic N) is 2. The molecule has 0 spiro atoms. The molecule has 138 valence electrons. The first-order chi connectivity index (χ1) is 13.0. The maximum absolute atomic E-state index is 12.1. The molecule has 0 saturated heterocycles. The Labute approximate surface area is 169 Å². The van der Waals surface area contributed by atoms with Gasteiger partial charge in [0, 0.05) is 21.7 Å². The van der Waals surface area contributed by atoms with Crippen LogP contribution in [-0.4, -0.2) is 28.3 Å². The molecule has 2 amide bonds. The summed E-state index contributed by atoms with van der Waals surface area (Å²) in [6.45, 7) is 1.81. The lowest BCUT2D eigenvalue weighted by Crippen LogP contribution is -2.34. The molecule has 3 aromatic rings. The summed E-state index contributed by atoms with van der Waals surface area (Å²) in [5.41, 5.74) is 3.09. The van der Waals surface area contributed by atoms with E-state index in [1.54, 1.807) is 6.20 Å². The standard InChI is InChI=1S/C19H17BrN4O2S/c1-12-8-13(20)5-6-15(12)24-18(26)10-22-17(25)9-14-11-27-19(23-14)16-4-2-3-7-21-16/h2-8,11H,9-10H2,1H3,(H,22,25)(H,24,26). The SMILES string of the molecule is Cc1cc(Br)ccc1NC(=O)CNC(=O)Cc1csc(-c2ccccn2)n1. The van der Waals surface area contributed by atoms with Gasteiger partial charge in [-0.25, -0.2) is 4.98 Å². The van der Waals surface area contributed by atoms with Gasteiger partial charge in [-0.15, -0.1) is 11.3 Å². The van der Waals surface area contributed by atoms with Gasteiger partial charge in [0.2, 0.25) is 11.8 Å². The number of thiazole rings is 1. The maximum atomic E-state index is 12.1. The highest BCUT2D eigenvalue weighted by Crippen LogP contribution is 2.21. The summed E-state index contributed by atoms with van der Waals surface area (Å²) in [5.74, 6) is -0.531. The Balaban J connectivity index is 1.49. The predicted octanol–water partition coefficient (Wildman–Crippen LogP) is 3.57. The number of aromatic nitrogens is 2. The van der Waals surface area contributed by atoms with Crippen molar-refractivity contribution in [2.24, 2.45) is 0 Å². The van der Waals surface area contributed by atoms with Crippen molar-refractivity contribution in [2.45, 2.75) is 13.3 Å². The number of hydrogen-bond acceptors (Lipinski definition) is 5. The Bertz CT molecular complexity index is 959. The number of aryl methyl sites for hydroxylation is 1. The lowest BCUT2D eigenvalue weighted by atomic mass is 10.2. The highest BCUT2D eigenvalue weighted by Gasteiger charge is 2.11. The van der Waals surface area contributed by atoms with Crippen molar-refractivity contribution in [2.75, 3.05) is 11.9 Å². The van der Waals surface area contributed by atoms with E-state index in [-0.39, 0.29) is 24.8 Å². The van der Waals surface area contributed by atoms with Gasteiger partial charge in [-0.1, -0.05) is 22.0 Å². The molecule has 1 aromatic carbocycles. The van der Waals surface area contributed by atoms with Crippen molar-refractivity contribution in [1.29, 1.82) is 0 Å². The normalized spacial score (nSPS) is 10.4. The van der Waals surface area contributed by atoms with Crippen molar-refractivity contribution < 1.29 is 9.59 Å². The van der Waals surface area contributed by atoms with Gasteiger partial charge in [0.25, 0.3) is 0 Å². The van der Waals surface area contributed by atoms with E-state index in [0.717, 1.165) is 26.4 Å². The number of carbonyl (C=O) groups is 2. The summed E-state index contributed by atoms with van der Waals surface area (Å²) in [6, 6.07) is 11.2. The molecule has 27 heavy (non-hydrogen) atoms. The van der Waals surface area contributed by atoms with Gasteiger partial charge < -0.3 is 10.6 Å². The van der Waals surface area contributed by atoms with Gasteiger partial charge in [-0.2, -0.15) is 0 Å². The Morgan fingerprint density at radius 1 is 1.19 bits per heavy atom. The van der Waals surface area contributed by atoms with Gasteiger partial charge in [-0.3, -0.25) is 14.6 Å².